The van der Waals surface area contributed by atoms with Crippen molar-refractivity contribution in [2.75, 3.05) is 37.6 Å². The van der Waals surface area contributed by atoms with E-state index >= 15 is 0 Å². The number of rotatable bonds is 5. The zero-order valence-corrected chi connectivity index (χ0v) is 10.0. The first-order valence-electron chi connectivity index (χ1n) is 5.46. The van der Waals surface area contributed by atoms with Crippen molar-refractivity contribution in [1.29, 1.82) is 0 Å². The molecule has 0 saturated carbocycles. The Kier molecular flexibility index (Phi) is 3.75. The zero-order valence-electron chi connectivity index (χ0n) is 10.0. The molecule has 1 unspecified atom stereocenters. The average Bonchev–Trinajstić information content (AvgIpc) is 2.83. The van der Waals surface area contributed by atoms with Crippen LogP contribution in [0.15, 0.2) is 0 Å². The topological polar surface area (TPSA) is 127 Å². The van der Waals surface area contributed by atoms with Gasteiger partial charge in [0, 0.05) is 19.6 Å². The van der Waals surface area contributed by atoms with Gasteiger partial charge in [0.15, 0.2) is 0 Å². The second-order valence-electron chi connectivity index (χ2n) is 3.99. The van der Waals surface area contributed by atoms with Crippen LogP contribution >= 0.6 is 0 Å². The number of nitrogens with zero attached hydrogens (tertiary/aromatic N) is 3. The number of ether oxygens (including phenoxy) is 2. The maximum atomic E-state index is 10.1. The van der Waals surface area contributed by atoms with E-state index in [-0.39, 0.29) is 24.5 Å². The van der Waals surface area contributed by atoms with Crippen molar-refractivity contribution in [3.8, 4) is 6.01 Å². The van der Waals surface area contributed by atoms with Gasteiger partial charge in [0.1, 0.15) is 5.60 Å². The van der Waals surface area contributed by atoms with E-state index in [0.29, 0.717) is 19.6 Å². The Hall–Kier alpha value is -1.71. The molecule has 1 saturated heterocycles. The van der Waals surface area contributed by atoms with Crippen LogP contribution in [-0.2, 0) is 4.74 Å². The van der Waals surface area contributed by atoms with Crippen LogP contribution in [0.3, 0.4) is 0 Å². The normalized spacial score (nSPS) is 22.8. The van der Waals surface area contributed by atoms with Crippen LogP contribution in [0.2, 0.25) is 0 Å². The lowest BCUT2D eigenvalue weighted by atomic mass is 10.0. The summed E-state index contributed by atoms with van der Waals surface area (Å²) in [6.45, 7) is 1.13. The van der Waals surface area contributed by atoms with Crippen molar-refractivity contribution >= 4 is 11.9 Å². The van der Waals surface area contributed by atoms with E-state index in [1.54, 1.807) is 0 Å². The number of aromatic nitrogens is 3. The number of methoxy groups -OCH3 is 1. The van der Waals surface area contributed by atoms with E-state index in [9.17, 15) is 5.11 Å². The summed E-state index contributed by atoms with van der Waals surface area (Å²) in [7, 11) is 1.44. The molecule has 2 heterocycles. The van der Waals surface area contributed by atoms with Gasteiger partial charge in [-0.1, -0.05) is 0 Å². The molecule has 1 atom stereocenters. The van der Waals surface area contributed by atoms with Crippen LogP contribution in [0, 0.1) is 0 Å². The van der Waals surface area contributed by atoms with Crippen molar-refractivity contribution in [2.45, 2.75) is 12.0 Å². The highest BCUT2D eigenvalue weighted by molar-refractivity contribution is 5.35. The average molecular weight is 256 g/mol. The van der Waals surface area contributed by atoms with Gasteiger partial charge in [-0.05, 0) is 0 Å². The first-order valence-corrected chi connectivity index (χ1v) is 5.46. The molecule has 5 N–H and O–H groups in total. The lowest BCUT2D eigenvalue weighted by Gasteiger charge is -2.20. The highest BCUT2D eigenvalue weighted by Crippen LogP contribution is 2.19. The molecule has 100 valence electrons. The summed E-state index contributed by atoms with van der Waals surface area (Å²) < 4.78 is 10.0. The van der Waals surface area contributed by atoms with E-state index in [1.807, 2.05) is 0 Å². The number of hydrogen-bond donors (Lipinski definition) is 4. The van der Waals surface area contributed by atoms with Crippen LogP contribution in [0.4, 0.5) is 11.9 Å². The molecule has 9 nitrogen and oxygen atoms in total. The molecule has 0 radical (unpaired) electrons. The van der Waals surface area contributed by atoms with Crippen LogP contribution in [0.1, 0.15) is 6.42 Å². The smallest absolute Gasteiger partial charge is 0.322 e. The molecule has 9 heteroatoms. The fourth-order valence-electron chi connectivity index (χ4n) is 1.57. The quantitative estimate of drug-likeness (QED) is 0.376. The number of aliphatic hydroxyl groups is 1. The molecule has 1 aliphatic rings. The molecule has 0 aromatic carbocycles. The fraction of sp³-hybridized carbons (Fsp3) is 0.667. The van der Waals surface area contributed by atoms with Gasteiger partial charge in [0.25, 0.3) is 0 Å². The molecular weight excluding hydrogens is 240 g/mol. The summed E-state index contributed by atoms with van der Waals surface area (Å²) >= 11 is 0. The summed E-state index contributed by atoms with van der Waals surface area (Å²) in [6.07, 6.45) is 0.574. The van der Waals surface area contributed by atoms with Gasteiger partial charge >= 0.3 is 6.01 Å². The summed E-state index contributed by atoms with van der Waals surface area (Å²) in [4.78, 5) is 11.8. The molecular formula is C9H16N6O3. The second kappa shape index (κ2) is 5.29. The van der Waals surface area contributed by atoms with E-state index in [0.717, 1.165) is 0 Å². The van der Waals surface area contributed by atoms with Crippen molar-refractivity contribution in [1.82, 2.24) is 15.0 Å². The molecule has 18 heavy (non-hydrogen) atoms. The van der Waals surface area contributed by atoms with Crippen molar-refractivity contribution in [2.24, 2.45) is 5.84 Å². The molecule has 1 aromatic heterocycles. The highest BCUT2D eigenvalue weighted by atomic mass is 16.5. The van der Waals surface area contributed by atoms with Gasteiger partial charge in [0.2, 0.25) is 11.9 Å². The minimum absolute atomic E-state index is 0.134. The van der Waals surface area contributed by atoms with Crippen molar-refractivity contribution in [3.63, 3.8) is 0 Å². The van der Waals surface area contributed by atoms with Gasteiger partial charge in [-0.25, -0.2) is 5.84 Å². The maximum Gasteiger partial charge on any atom is 0.322 e. The molecule has 0 amide bonds. The number of hydrazine groups is 1. The molecule has 1 aliphatic heterocycles. The fourth-order valence-corrected chi connectivity index (χ4v) is 1.57. The van der Waals surface area contributed by atoms with Gasteiger partial charge in [0.05, 0.1) is 13.7 Å². The largest absolute Gasteiger partial charge is 0.467 e. The van der Waals surface area contributed by atoms with E-state index in [1.165, 1.54) is 7.11 Å². The molecule has 0 bridgehead atoms. The minimum Gasteiger partial charge on any atom is -0.467 e. The van der Waals surface area contributed by atoms with Crippen LogP contribution in [0.25, 0.3) is 0 Å². The van der Waals surface area contributed by atoms with E-state index < -0.39 is 5.60 Å². The van der Waals surface area contributed by atoms with Gasteiger partial charge in [-0.15, -0.1) is 0 Å². The molecule has 0 aliphatic carbocycles. The first kappa shape index (κ1) is 12.7. The first-order chi connectivity index (χ1) is 8.65. The minimum atomic E-state index is -0.893. The van der Waals surface area contributed by atoms with Crippen molar-refractivity contribution < 1.29 is 14.6 Å². The maximum absolute atomic E-state index is 10.1. The molecule has 1 fully saturated rings. The van der Waals surface area contributed by atoms with Gasteiger partial charge in [-0.2, -0.15) is 15.0 Å². The monoisotopic (exact) mass is 256 g/mol. The number of nitrogens with two attached hydrogens (primary N) is 1. The van der Waals surface area contributed by atoms with Gasteiger partial charge in [-0.3, -0.25) is 5.43 Å². The Balaban J connectivity index is 2.04. The summed E-state index contributed by atoms with van der Waals surface area (Å²) in [5.41, 5.74) is 1.42. The van der Waals surface area contributed by atoms with Crippen LogP contribution in [0.5, 0.6) is 6.01 Å². The lowest BCUT2D eigenvalue weighted by Crippen LogP contribution is -2.37. The SMILES string of the molecule is COc1nc(NN)nc(NCC2(O)CCOC2)n1. The standard InChI is InChI=1S/C9H16N6O3/c1-17-8-13-6(12-7(14-8)15-10)11-4-9(16)2-3-18-5-9/h16H,2-5,10H2,1H3,(H2,11,12,13,14,15). The van der Waals surface area contributed by atoms with Crippen LogP contribution in [-0.4, -0.2) is 52.5 Å². The summed E-state index contributed by atoms with van der Waals surface area (Å²) in [5.74, 6) is 5.68. The second-order valence-corrected chi connectivity index (χ2v) is 3.99. The number of nitrogen functional groups attached to an aromatic ring is 1. The van der Waals surface area contributed by atoms with Crippen LogP contribution < -0.4 is 21.3 Å². The van der Waals surface area contributed by atoms with Gasteiger partial charge < -0.3 is 19.9 Å². The third kappa shape index (κ3) is 2.94. The number of nitrogens with one attached hydrogen (secondary N) is 2. The molecule has 2 rings (SSSR count). The number of hydrogen-bond acceptors (Lipinski definition) is 9. The zero-order chi connectivity index (χ0) is 13.0. The third-order valence-electron chi connectivity index (χ3n) is 2.58. The Morgan fingerprint density at radius 2 is 2.22 bits per heavy atom. The predicted octanol–water partition coefficient (Wildman–Crippen LogP) is -1.27. The number of anilines is 2. The predicted molar refractivity (Wildman–Crippen MR) is 63.1 cm³/mol. The lowest BCUT2D eigenvalue weighted by molar-refractivity contribution is 0.0380. The van der Waals surface area contributed by atoms with Crippen molar-refractivity contribution in [3.05, 3.63) is 0 Å². The summed E-state index contributed by atoms with van der Waals surface area (Å²) in [6, 6.07) is 0.134. The third-order valence-corrected chi connectivity index (χ3v) is 2.58. The Morgan fingerprint density at radius 1 is 1.44 bits per heavy atom. The Labute approximate surface area is 104 Å². The van der Waals surface area contributed by atoms with E-state index in [2.05, 4.69) is 25.7 Å². The molecule has 1 aromatic rings. The summed E-state index contributed by atoms with van der Waals surface area (Å²) in [5, 5.41) is 13.0. The highest BCUT2D eigenvalue weighted by Gasteiger charge is 2.32. The molecule has 0 spiro atoms. The van der Waals surface area contributed by atoms with E-state index in [4.69, 9.17) is 15.3 Å². The Morgan fingerprint density at radius 3 is 2.83 bits per heavy atom. The Bertz CT molecular complexity index is 387.